The van der Waals surface area contributed by atoms with Gasteiger partial charge in [0.15, 0.2) is 11.5 Å². The van der Waals surface area contributed by atoms with Gasteiger partial charge in [-0.2, -0.15) is 0 Å². The maximum Gasteiger partial charge on any atom is 0.407 e. The Morgan fingerprint density at radius 2 is 2.06 bits per heavy atom. The highest BCUT2D eigenvalue weighted by atomic mass is 16.7. The van der Waals surface area contributed by atoms with Crippen LogP contribution in [-0.4, -0.2) is 26.0 Å². The molecule has 0 spiro atoms. The van der Waals surface area contributed by atoms with Gasteiger partial charge in [-0.3, -0.25) is 0 Å². The topological polar surface area (TPSA) is 56.8 Å². The van der Waals surface area contributed by atoms with Crippen LogP contribution in [-0.2, 0) is 4.74 Å². The van der Waals surface area contributed by atoms with E-state index in [0.29, 0.717) is 13.2 Å². The Bertz CT molecular complexity index is 422. The zero-order valence-electron chi connectivity index (χ0n) is 8.56. The minimum Gasteiger partial charge on any atom is -0.454 e. The number of carbonyl (C=O) groups is 1. The van der Waals surface area contributed by atoms with Crippen LogP contribution < -0.4 is 14.8 Å². The molecule has 1 aromatic rings. The summed E-state index contributed by atoms with van der Waals surface area (Å²) in [5.74, 6) is 1.70. The molecule has 1 saturated heterocycles. The van der Waals surface area contributed by atoms with Crippen molar-refractivity contribution in [2.45, 2.75) is 5.92 Å². The smallest absolute Gasteiger partial charge is 0.407 e. The molecule has 0 aliphatic carbocycles. The Morgan fingerprint density at radius 3 is 2.88 bits per heavy atom. The Hall–Kier alpha value is -1.91. The molecule has 1 unspecified atom stereocenters. The van der Waals surface area contributed by atoms with Gasteiger partial charge in [0.25, 0.3) is 0 Å². The molecule has 2 heterocycles. The van der Waals surface area contributed by atoms with Crippen LogP contribution in [0.1, 0.15) is 11.5 Å². The normalized spacial score (nSPS) is 22.5. The second kappa shape index (κ2) is 3.59. The van der Waals surface area contributed by atoms with Crippen LogP contribution in [0.5, 0.6) is 11.5 Å². The van der Waals surface area contributed by atoms with E-state index >= 15 is 0 Å². The first-order valence-corrected chi connectivity index (χ1v) is 5.13. The van der Waals surface area contributed by atoms with E-state index in [0.717, 1.165) is 17.1 Å². The van der Waals surface area contributed by atoms with Crippen molar-refractivity contribution in [1.29, 1.82) is 0 Å². The zero-order valence-corrected chi connectivity index (χ0v) is 8.56. The van der Waals surface area contributed by atoms with Gasteiger partial charge in [0.1, 0.15) is 6.61 Å². The van der Waals surface area contributed by atoms with Crippen molar-refractivity contribution in [3.63, 3.8) is 0 Å². The molecule has 1 fully saturated rings. The molecule has 0 radical (unpaired) electrons. The third-order valence-corrected chi connectivity index (χ3v) is 2.78. The van der Waals surface area contributed by atoms with Crippen LogP contribution >= 0.6 is 0 Å². The molecule has 16 heavy (non-hydrogen) atoms. The van der Waals surface area contributed by atoms with Gasteiger partial charge in [0.05, 0.1) is 0 Å². The molecule has 5 nitrogen and oxygen atoms in total. The summed E-state index contributed by atoms with van der Waals surface area (Å²) in [7, 11) is 0. The molecule has 1 amide bonds. The maximum absolute atomic E-state index is 10.8. The minimum atomic E-state index is -0.350. The minimum absolute atomic E-state index is 0.173. The monoisotopic (exact) mass is 221 g/mol. The molecule has 5 heteroatoms. The second-order valence-corrected chi connectivity index (χ2v) is 3.79. The van der Waals surface area contributed by atoms with E-state index in [9.17, 15) is 4.79 Å². The van der Waals surface area contributed by atoms with Gasteiger partial charge in [-0.25, -0.2) is 4.79 Å². The van der Waals surface area contributed by atoms with E-state index in [4.69, 9.17) is 14.2 Å². The summed E-state index contributed by atoms with van der Waals surface area (Å²) in [5, 5.41) is 2.67. The average Bonchev–Trinajstić information content (AvgIpc) is 2.77. The lowest BCUT2D eigenvalue weighted by Gasteiger charge is -2.23. The van der Waals surface area contributed by atoms with Crippen molar-refractivity contribution < 1.29 is 19.0 Å². The molecule has 0 bridgehead atoms. The lowest BCUT2D eigenvalue weighted by atomic mass is 9.99. The molecule has 2 aliphatic rings. The largest absolute Gasteiger partial charge is 0.454 e. The van der Waals surface area contributed by atoms with Crippen molar-refractivity contribution in [1.82, 2.24) is 5.32 Å². The Labute approximate surface area is 92.3 Å². The number of fused-ring (bicyclic) bond motifs is 1. The summed E-state index contributed by atoms with van der Waals surface area (Å²) in [4.78, 5) is 10.8. The van der Waals surface area contributed by atoms with Crippen LogP contribution in [0, 0.1) is 0 Å². The summed E-state index contributed by atoms with van der Waals surface area (Å²) in [6, 6.07) is 5.79. The molecule has 3 rings (SSSR count). The van der Waals surface area contributed by atoms with Gasteiger partial charge in [0, 0.05) is 12.5 Å². The fourth-order valence-electron chi connectivity index (χ4n) is 1.87. The van der Waals surface area contributed by atoms with Crippen molar-refractivity contribution in [2.24, 2.45) is 0 Å². The molecule has 1 atom stereocenters. The van der Waals surface area contributed by atoms with Crippen molar-refractivity contribution in [2.75, 3.05) is 19.9 Å². The van der Waals surface area contributed by atoms with Crippen molar-refractivity contribution >= 4 is 6.09 Å². The van der Waals surface area contributed by atoms with E-state index in [-0.39, 0.29) is 18.8 Å². The van der Waals surface area contributed by atoms with Crippen LogP contribution in [0.25, 0.3) is 0 Å². The Balaban J connectivity index is 1.82. The first-order valence-electron chi connectivity index (χ1n) is 5.13. The summed E-state index contributed by atoms with van der Waals surface area (Å²) in [6.45, 7) is 1.28. The SMILES string of the molecule is O=C1NCC(c2ccc3c(c2)OCO3)CO1. The fraction of sp³-hybridized carbons (Fsp3) is 0.364. The number of hydrogen-bond donors (Lipinski definition) is 1. The molecule has 0 aromatic heterocycles. The van der Waals surface area contributed by atoms with Gasteiger partial charge in [0.2, 0.25) is 6.79 Å². The summed E-state index contributed by atoms with van der Waals surface area (Å²) in [6.07, 6.45) is -0.350. The van der Waals surface area contributed by atoms with E-state index in [2.05, 4.69) is 5.32 Å². The molecule has 1 aromatic carbocycles. The number of amides is 1. The van der Waals surface area contributed by atoms with Crippen LogP contribution in [0.4, 0.5) is 4.79 Å². The van der Waals surface area contributed by atoms with E-state index in [1.165, 1.54) is 0 Å². The number of ether oxygens (including phenoxy) is 3. The molecule has 2 aliphatic heterocycles. The van der Waals surface area contributed by atoms with Gasteiger partial charge < -0.3 is 19.5 Å². The van der Waals surface area contributed by atoms with Crippen LogP contribution in [0.15, 0.2) is 18.2 Å². The van der Waals surface area contributed by atoms with Gasteiger partial charge >= 0.3 is 6.09 Å². The summed E-state index contributed by atoms with van der Waals surface area (Å²) < 4.78 is 15.5. The summed E-state index contributed by atoms with van der Waals surface area (Å²) >= 11 is 0. The molecule has 0 saturated carbocycles. The molecule has 84 valence electrons. The lowest BCUT2D eigenvalue weighted by molar-refractivity contribution is 0.120. The predicted octanol–water partition coefficient (Wildman–Crippen LogP) is 1.24. The number of hydrogen-bond acceptors (Lipinski definition) is 4. The van der Waals surface area contributed by atoms with Crippen LogP contribution in [0.2, 0.25) is 0 Å². The van der Waals surface area contributed by atoms with Gasteiger partial charge in [-0.05, 0) is 17.7 Å². The standard InChI is InChI=1S/C11H11NO4/c13-11-12-4-8(5-14-11)7-1-2-9-10(3-7)16-6-15-9/h1-3,8H,4-6H2,(H,12,13). The predicted molar refractivity (Wildman–Crippen MR) is 54.7 cm³/mol. The molecular formula is C11H11NO4. The first-order chi connectivity index (χ1) is 7.83. The number of cyclic esters (lactones) is 1. The van der Waals surface area contributed by atoms with Crippen molar-refractivity contribution in [3.05, 3.63) is 23.8 Å². The van der Waals surface area contributed by atoms with Crippen LogP contribution in [0.3, 0.4) is 0 Å². The lowest BCUT2D eigenvalue weighted by Crippen LogP contribution is -2.37. The van der Waals surface area contributed by atoms with E-state index in [1.54, 1.807) is 0 Å². The highest BCUT2D eigenvalue weighted by molar-refractivity contribution is 5.68. The zero-order chi connectivity index (χ0) is 11.0. The number of alkyl carbamates (subject to hydrolysis) is 1. The molecular weight excluding hydrogens is 210 g/mol. The van der Waals surface area contributed by atoms with Gasteiger partial charge in [-0.1, -0.05) is 6.07 Å². The third kappa shape index (κ3) is 1.54. The first kappa shape index (κ1) is 9.33. The number of carbonyl (C=O) groups excluding carboxylic acids is 1. The van der Waals surface area contributed by atoms with Crippen molar-refractivity contribution in [3.8, 4) is 11.5 Å². The number of nitrogens with one attached hydrogen (secondary N) is 1. The second-order valence-electron chi connectivity index (χ2n) is 3.79. The number of rotatable bonds is 1. The highest BCUT2D eigenvalue weighted by Gasteiger charge is 2.23. The average molecular weight is 221 g/mol. The Morgan fingerprint density at radius 1 is 1.19 bits per heavy atom. The molecule has 1 N–H and O–H groups in total. The third-order valence-electron chi connectivity index (χ3n) is 2.78. The Kier molecular flexibility index (Phi) is 2.09. The van der Waals surface area contributed by atoms with Gasteiger partial charge in [-0.15, -0.1) is 0 Å². The maximum atomic E-state index is 10.8. The summed E-state index contributed by atoms with van der Waals surface area (Å²) in [5.41, 5.74) is 1.09. The number of benzene rings is 1. The van der Waals surface area contributed by atoms with E-state index in [1.807, 2.05) is 18.2 Å². The van der Waals surface area contributed by atoms with E-state index < -0.39 is 0 Å². The highest BCUT2D eigenvalue weighted by Crippen LogP contribution is 2.34. The quantitative estimate of drug-likeness (QED) is 0.775. The fourth-order valence-corrected chi connectivity index (χ4v) is 1.87.